The highest BCUT2D eigenvalue weighted by atomic mass is 16.1. The van der Waals surface area contributed by atoms with E-state index in [4.69, 9.17) is 0 Å². The van der Waals surface area contributed by atoms with Crippen LogP contribution in [0.3, 0.4) is 0 Å². The highest BCUT2D eigenvalue weighted by Crippen LogP contribution is 2.26. The fourth-order valence-electron chi connectivity index (χ4n) is 4.24. The highest BCUT2D eigenvalue weighted by Gasteiger charge is 2.28. The second-order valence-electron chi connectivity index (χ2n) is 7.88. The number of piperidine rings is 1. The largest absolute Gasteiger partial charge is 0.356 e. The second-order valence-corrected chi connectivity index (χ2v) is 7.88. The summed E-state index contributed by atoms with van der Waals surface area (Å²) in [4.78, 5) is 23.7. The average Bonchev–Trinajstić information content (AvgIpc) is 3.21. The van der Waals surface area contributed by atoms with E-state index in [0.717, 1.165) is 55.8 Å². The number of benzene rings is 1. The molecule has 27 heavy (non-hydrogen) atoms. The molecule has 4 rings (SSSR count). The zero-order chi connectivity index (χ0) is 18.6. The van der Waals surface area contributed by atoms with E-state index in [9.17, 15) is 4.79 Å². The van der Waals surface area contributed by atoms with Gasteiger partial charge in [-0.2, -0.15) is 0 Å². The van der Waals surface area contributed by atoms with Crippen molar-refractivity contribution < 1.29 is 4.79 Å². The molecule has 1 saturated heterocycles. The third-order valence-electron chi connectivity index (χ3n) is 5.86. The van der Waals surface area contributed by atoms with Gasteiger partial charge in [0.15, 0.2) is 0 Å². The van der Waals surface area contributed by atoms with Crippen LogP contribution in [0.15, 0.2) is 36.7 Å². The molecule has 1 N–H and O–H groups in total. The van der Waals surface area contributed by atoms with E-state index >= 15 is 0 Å². The van der Waals surface area contributed by atoms with Gasteiger partial charge in [-0.1, -0.05) is 36.6 Å². The summed E-state index contributed by atoms with van der Waals surface area (Å²) in [5.74, 6) is 1.35. The van der Waals surface area contributed by atoms with Crippen molar-refractivity contribution >= 4 is 11.7 Å². The molecule has 1 aromatic heterocycles. The van der Waals surface area contributed by atoms with Crippen molar-refractivity contribution in [2.24, 2.45) is 5.92 Å². The van der Waals surface area contributed by atoms with Crippen LogP contribution < -0.4 is 10.2 Å². The Bertz CT molecular complexity index is 792. The topological polar surface area (TPSA) is 58.1 Å². The van der Waals surface area contributed by atoms with Crippen LogP contribution in [0.2, 0.25) is 0 Å². The Kier molecular flexibility index (Phi) is 5.37. The Morgan fingerprint density at radius 3 is 2.59 bits per heavy atom. The number of amides is 1. The first-order valence-electron chi connectivity index (χ1n) is 10.1. The first-order chi connectivity index (χ1) is 13.2. The minimum absolute atomic E-state index is 0.139. The number of hydrogen-bond donors (Lipinski definition) is 1. The van der Waals surface area contributed by atoms with Gasteiger partial charge in [0, 0.05) is 36.7 Å². The molecule has 2 aromatic rings. The molecule has 1 aromatic carbocycles. The zero-order valence-electron chi connectivity index (χ0n) is 16.0. The van der Waals surface area contributed by atoms with Crippen LogP contribution in [0.1, 0.15) is 44.1 Å². The van der Waals surface area contributed by atoms with Gasteiger partial charge < -0.3 is 10.2 Å². The second kappa shape index (κ2) is 8.07. The predicted octanol–water partition coefficient (Wildman–Crippen LogP) is 3.73. The molecule has 0 spiro atoms. The van der Waals surface area contributed by atoms with Crippen LogP contribution in [0.5, 0.6) is 0 Å². The highest BCUT2D eigenvalue weighted by molar-refractivity contribution is 5.79. The van der Waals surface area contributed by atoms with Gasteiger partial charge in [-0.3, -0.25) is 4.79 Å². The van der Waals surface area contributed by atoms with Crippen molar-refractivity contribution in [3.8, 4) is 11.3 Å². The predicted molar refractivity (Wildman–Crippen MR) is 108 cm³/mol. The fourth-order valence-corrected chi connectivity index (χ4v) is 4.24. The standard InChI is InChI=1S/C22H28N4O/c1-16-5-4-6-18(13-16)20-14-21(24-15-23-20)26-11-9-17(10-12-26)22(27)25-19-7-2-3-8-19/h4-6,13-15,17,19H,2-3,7-12H2,1H3,(H,25,27). The molecule has 1 aliphatic carbocycles. The molecular weight excluding hydrogens is 336 g/mol. The normalized spacial score (nSPS) is 18.6. The Labute approximate surface area is 161 Å². The average molecular weight is 364 g/mol. The van der Waals surface area contributed by atoms with Crippen molar-refractivity contribution in [1.29, 1.82) is 0 Å². The molecule has 5 nitrogen and oxygen atoms in total. The van der Waals surface area contributed by atoms with Crippen LogP contribution >= 0.6 is 0 Å². The number of nitrogens with zero attached hydrogens (tertiary/aromatic N) is 3. The van der Waals surface area contributed by atoms with Crippen molar-refractivity contribution in [3.63, 3.8) is 0 Å². The summed E-state index contributed by atoms with van der Waals surface area (Å²) < 4.78 is 0. The van der Waals surface area contributed by atoms with E-state index in [1.165, 1.54) is 18.4 Å². The van der Waals surface area contributed by atoms with Gasteiger partial charge >= 0.3 is 0 Å². The van der Waals surface area contributed by atoms with E-state index in [0.29, 0.717) is 6.04 Å². The van der Waals surface area contributed by atoms with Gasteiger partial charge in [0.2, 0.25) is 5.91 Å². The maximum Gasteiger partial charge on any atom is 0.223 e. The number of nitrogens with one attached hydrogen (secondary N) is 1. The third-order valence-corrected chi connectivity index (χ3v) is 5.86. The summed E-state index contributed by atoms with van der Waals surface area (Å²) in [5, 5.41) is 3.26. The quantitative estimate of drug-likeness (QED) is 0.898. The Morgan fingerprint density at radius 2 is 1.85 bits per heavy atom. The molecule has 0 radical (unpaired) electrons. The lowest BCUT2D eigenvalue weighted by Gasteiger charge is -2.32. The molecule has 1 aliphatic heterocycles. The van der Waals surface area contributed by atoms with Crippen molar-refractivity contribution in [1.82, 2.24) is 15.3 Å². The van der Waals surface area contributed by atoms with Crippen LogP contribution in [-0.4, -0.2) is 35.0 Å². The fraction of sp³-hybridized carbons (Fsp3) is 0.500. The molecule has 2 fully saturated rings. The summed E-state index contributed by atoms with van der Waals surface area (Å²) in [6.45, 7) is 3.83. The van der Waals surface area contributed by atoms with Crippen LogP contribution in [0.4, 0.5) is 5.82 Å². The molecule has 1 saturated carbocycles. The molecule has 5 heteroatoms. The Hall–Kier alpha value is -2.43. The minimum Gasteiger partial charge on any atom is -0.356 e. The lowest BCUT2D eigenvalue weighted by Crippen LogP contribution is -2.43. The van der Waals surface area contributed by atoms with Crippen molar-refractivity contribution in [2.45, 2.75) is 51.5 Å². The molecule has 2 aliphatic rings. The van der Waals surface area contributed by atoms with Gasteiger partial charge in [0.05, 0.1) is 5.69 Å². The summed E-state index contributed by atoms with van der Waals surface area (Å²) in [7, 11) is 0. The molecule has 1 amide bonds. The van der Waals surface area contributed by atoms with E-state index in [1.54, 1.807) is 6.33 Å². The number of aromatic nitrogens is 2. The summed E-state index contributed by atoms with van der Waals surface area (Å²) in [6, 6.07) is 10.8. The number of hydrogen-bond acceptors (Lipinski definition) is 4. The summed E-state index contributed by atoms with van der Waals surface area (Å²) >= 11 is 0. The van der Waals surface area contributed by atoms with Gasteiger partial charge in [-0.05, 0) is 38.7 Å². The van der Waals surface area contributed by atoms with Gasteiger partial charge in [-0.15, -0.1) is 0 Å². The van der Waals surface area contributed by atoms with Crippen LogP contribution in [-0.2, 0) is 4.79 Å². The maximum absolute atomic E-state index is 12.5. The van der Waals surface area contributed by atoms with Crippen LogP contribution in [0.25, 0.3) is 11.3 Å². The van der Waals surface area contributed by atoms with Gasteiger partial charge in [0.25, 0.3) is 0 Å². The van der Waals surface area contributed by atoms with E-state index in [-0.39, 0.29) is 11.8 Å². The molecule has 142 valence electrons. The monoisotopic (exact) mass is 364 g/mol. The van der Waals surface area contributed by atoms with Gasteiger partial charge in [0.1, 0.15) is 12.1 Å². The number of carbonyl (C=O) groups is 1. The van der Waals surface area contributed by atoms with Crippen molar-refractivity contribution in [3.05, 3.63) is 42.2 Å². The van der Waals surface area contributed by atoms with Crippen LogP contribution in [0, 0.1) is 12.8 Å². The smallest absolute Gasteiger partial charge is 0.223 e. The molecule has 0 unspecified atom stereocenters. The number of carbonyl (C=O) groups excluding carboxylic acids is 1. The SMILES string of the molecule is Cc1cccc(-c2cc(N3CCC(C(=O)NC4CCCC4)CC3)ncn2)c1. The third kappa shape index (κ3) is 4.29. The number of rotatable bonds is 4. The number of aryl methyl sites for hydroxylation is 1. The molecule has 2 heterocycles. The van der Waals surface area contributed by atoms with E-state index < -0.39 is 0 Å². The lowest BCUT2D eigenvalue weighted by atomic mass is 9.95. The Balaban J connectivity index is 1.38. The first kappa shape index (κ1) is 18.0. The molecule has 0 atom stereocenters. The van der Waals surface area contributed by atoms with E-state index in [2.05, 4.69) is 57.4 Å². The lowest BCUT2D eigenvalue weighted by molar-refractivity contribution is -0.126. The van der Waals surface area contributed by atoms with E-state index in [1.807, 2.05) is 0 Å². The Morgan fingerprint density at radius 1 is 1.07 bits per heavy atom. The zero-order valence-corrected chi connectivity index (χ0v) is 16.0. The maximum atomic E-state index is 12.5. The number of anilines is 1. The first-order valence-corrected chi connectivity index (χ1v) is 10.1. The molecule has 0 bridgehead atoms. The summed E-state index contributed by atoms with van der Waals surface area (Å²) in [5.41, 5.74) is 3.29. The summed E-state index contributed by atoms with van der Waals surface area (Å²) in [6.07, 6.45) is 8.22. The van der Waals surface area contributed by atoms with Crippen molar-refractivity contribution in [2.75, 3.05) is 18.0 Å². The minimum atomic E-state index is 0.139. The van der Waals surface area contributed by atoms with Gasteiger partial charge in [-0.25, -0.2) is 9.97 Å². The molecular formula is C22H28N4O.